The zero-order valence-electron chi connectivity index (χ0n) is 18.5. The Morgan fingerprint density at radius 3 is 2.68 bits per heavy atom. The van der Waals surface area contributed by atoms with Crippen LogP contribution < -0.4 is 4.90 Å². The molecule has 4 rings (SSSR count). The van der Waals surface area contributed by atoms with Crippen molar-refractivity contribution < 1.29 is 4.79 Å². The Kier molecular flexibility index (Phi) is 6.30. The lowest BCUT2D eigenvalue weighted by Gasteiger charge is -2.36. The van der Waals surface area contributed by atoms with Crippen LogP contribution in [-0.4, -0.2) is 51.2 Å². The maximum atomic E-state index is 13.3. The van der Waals surface area contributed by atoms with Crippen LogP contribution in [0.4, 0.5) is 5.95 Å². The van der Waals surface area contributed by atoms with E-state index in [0.717, 1.165) is 49.0 Å². The van der Waals surface area contributed by atoms with Gasteiger partial charge in [-0.05, 0) is 31.2 Å². The van der Waals surface area contributed by atoms with Gasteiger partial charge in [-0.1, -0.05) is 30.3 Å². The maximum absolute atomic E-state index is 13.3. The standard InChI is InChI=1S/C24H30N6O/c1-28(2)24-25-16-20(19-15-26-29(3)17-19)23(27-24)21-11-7-8-14-30(21)22(31)13-12-18-9-5-4-6-10-18/h4-6,9-10,15-17,21H,7-8,11-14H2,1-3H3. The van der Waals surface area contributed by atoms with Crippen molar-refractivity contribution >= 4 is 11.9 Å². The Labute approximate surface area is 183 Å². The lowest BCUT2D eigenvalue weighted by atomic mass is 9.94. The first-order valence-corrected chi connectivity index (χ1v) is 10.9. The van der Waals surface area contributed by atoms with E-state index in [1.807, 2.05) is 67.7 Å². The highest BCUT2D eigenvalue weighted by Crippen LogP contribution is 2.36. The van der Waals surface area contributed by atoms with Gasteiger partial charge in [0.15, 0.2) is 0 Å². The van der Waals surface area contributed by atoms with Crippen molar-refractivity contribution in [3.63, 3.8) is 0 Å². The molecule has 1 aliphatic rings. The lowest BCUT2D eigenvalue weighted by molar-refractivity contribution is -0.135. The number of nitrogens with zero attached hydrogens (tertiary/aromatic N) is 6. The number of carbonyl (C=O) groups is 1. The van der Waals surface area contributed by atoms with Gasteiger partial charge in [0.25, 0.3) is 0 Å². The summed E-state index contributed by atoms with van der Waals surface area (Å²) in [6, 6.07) is 10.2. The van der Waals surface area contributed by atoms with Gasteiger partial charge in [-0.25, -0.2) is 9.97 Å². The van der Waals surface area contributed by atoms with Crippen LogP contribution in [0, 0.1) is 0 Å². The number of hydrogen-bond donors (Lipinski definition) is 0. The van der Waals surface area contributed by atoms with Crippen LogP contribution in [0.5, 0.6) is 0 Å². The molecule has 1 saturated heterocycles. The summed E-state index contributed by atoms with van der Waals surface area (Å²) in [5.41, 5.74) is 4.04. The molecule has 3 aromatic rings. The van der Waals surface area contributed by atoms with E-state index < -0.39 is 0 Å². The molecule has 1 aromatic carbocycles. The monoisotopic (exact) mass is 418 g/mol. The molecule has 162 valence electrons. The Morgan fingerprint density at radius 1 is 1.16 bits per heavy atom. The Morgan fingerprint density at radius 2 is 1.97 bits per heavy atom. The molecule has 31 heavy (non-hydrogen) atoms. The summed E-state index contributed by atoms with van der Waals surface area (Å²) in [5, 5.41) is 4.32. The van der Waals surface area contributed by atoms with Crippen molar-refractivity contribution in [2.45, 2.75) is 38.1 Å². The highest BCUT2D eigenvalue weighted by atomic mass is 16.2. The number of aryl methyl sites for hydroxylation is 2. The van der Waals surface area contributed by atoms with E-state index in [2.05, 4.69) is 22.2 Å². The Bertz CT molecular complexity index is 1030. The van der Waals surface area contributed by atoms with E-state index in [0.29, 0.717) is 12.4 Å². The fourth-order valence-electron chi connectivity index (χ4n) is 4.19. The van der Waals surface area contributed by atoms with Gasteiger partial charge in [0.1, 0.15) is 0 Å². The van der Waals surface area contributed by atoms with E-state index in [9.17, 15) is 4.79 Å². The van der Waals surface area contributed by atoms with E-state index in [4.69, 9.17) is 4.98 Å². The van der Waals surface area contributed by atoms with Crippen LogP contribution in [-0.2, 0) is 18.3 Å². The number of amides is 1. The third-order valence-electron chi connectivity index (χ3n) is 5.83. The summed E-state index contributed by atoms with van der Waals surface area (Å²) in [5.74, 6) is 0.848. The fourth-order valence-corrected chi connectivity index (χ4v) is 4.19. The molecule has 3 heterocycles. The first-order valence-electron chi connectivity index (χ1n) is 10.9. The van der Waals surface area contributed by atoms with Crippen LogP contribution in [0.25, 0.3) is 11.1 Å². The van der Waals surface area contributed by atoms with E-state index in [1.54, 1.807) is 4.68 Å². The Hall–Kier alpha value is -3.22. The number of hydrogen-bond acceptors (Lipinski definition) is 5. The van der Waals surface area contributed by atoms with E-state index in [1.165, 1.54) is 5.56 Å². The molecule has 0 spiro atoms. The second-order valence-corrected chi connectivity index (χ2v) is 8.35. The zero-order valence-corrected chi connectivity index (χ0v) is 18.5. The number of piperidine rings is 1. The molecule has 7 heteroatoms. The van der Waals surface area contributed by atoms with Crippen LogP contribution in [0.3, 0.4) is 0 Å². The molecule has 1 amide bonds. The van der Waals surface area contributed by atoms with Crippen molar-refractivity contribution in [2.24, 2.45) is 7.05 Å². The molecule has 1 unspecified atom stereocenters. The highest BCUT2D eigenvalue weighted by molar-refractivity contribution is 5.78. The topological polar surface area (TPSA) is 67.2 Å². The second-order valence-electron chi connectivity index (χ2n) is 8.35. The quantitative estimate of drug-likeness (QED) is 0.612. The van der Waals surface area contributed by atoms with Crippen LogP contribution in [0.1, 0.15) is 43.0 Å². The lowest BCUT2D eigenvalue weighted by Crippen LogP contribution is -2.39. The molecule has 7 nitrogen and oxygen atoms in total. The van der Waals surface area contributed by atoms with Gasteiger partial charge in [0.05, 0.1) is 17.9 Å². The first-order chi connectivity index (χ1) is 15.0. The minimum atomic E-state index is -0.0473. The van der Waals surface area contributed by atoms with Gasteiger partial charge in [-0.15, -0.1) is 0 Å². The number of anilines is 1. The summed E-state index contributed by atoms with van der Waals surface area (Å²) < 4.78 is 1.78. The smallest absolute Gasteiger partial charge is 0.225 e. The molecule has 2 aromatic heterocycles. The summed E-state index contributed by atoms with van der Waals surface area (Å²) >= 11 is 0. The minimum Gasteiger partial charge on any atom is -0.347 e. The molecular formula is C24H30N6O. The molecule has 0 bridgehead atoms. The van der Waals surface area contributed by atoms with E-state index in [-0.39, 0.29) is 11.9 Å². The van der Waals surface area contributed by atoms with Crippen LogP contribution in [0.15, 0.2) is 48.9 Å². The van der Waals surface area contributed by atoms with Crippen LogP contribution >= 0.6 is 0 Å². The molecule has 1 fully saturated rings. The summed E-state index contributed by atoms with van der Waals surface area (Å²) in [6.45, 7) is 0.770. The molecule has 0 aliphatic carbocycles. The minimum absolute atomic E-state index is 0.0473. The van der Waals surface area contributed by atoms with Gasteiger partial charge in [-0.2, -0.15) is 5.10 Å². The maximum Gasteiger partial charge on any atom is 0.225 e. The van der Waals surface area contributed by atoms with Crippen molar-refractivity contribution in [2.75, 3.05) is 25.5 Å². The summed E-state index contributed by atoms with van der Waals surface area (Å²) in [4.78, 5) is 26.7. The highest BCUT2D eigenvalue weighted by Gasteiger charge is 2.31. The number of benzene rings is 1. The predicted molar refractivity (Wildman–Crippen MR) is 122 cm³/mol. The van der Waals surface area contributed by atoms with Gasteiger partial charge in [-0.3, -0.25) is 9.48 Å². The SMILES string of the molecule is CN(C)c1ncc(-c2cnn(C)c2)c(C2CCCCN2C(=O)CCc2ccccc2)n1. The largest absolute Gasteiger partial charge is 0.347 e. The average molecular weight is 419 g/mol. The van der Waals surface area contributed by atoms with Gasteiger partial charge in [0.2, 0.25) is 11.9 Å². The van der Waals surface area contributed by atoms with Crippen molar-refractivity contribution in [1.29, 1.82) is 0 Å². The molecule has 0 radical (unpaired) electrons. The van der Waals surface area contributed by atoms with Crippen molar-refractivity contribution in [3.8, 4) is 11.1 Å². The van der Waals surface area contributed by atoms with Gasteiger partial charge in [0, 0.05) is 57.6 Å². The first kappa shape index (κ1) is 21.0. The molecule has 0 N–H and O–H groups in total. The number of rotatable bonds is 6. The fraction of sp³-hybridized carbons (Fsp3) is 0.417. The van der Waals surface area contributed by atoms with Crippen molar-refractivity contribution in [1.82, 2.24) is 24.6 Å². The third kappa shape index (κ3) is 4.76. The molecule has 1 aliphatic heterocycles. The predicted octanol–water partition coefficient (Wildman–Crippen LogP) is 3.63. The van der Waals surface area contributed by atoms with Crippen LogP contribution in [0.2, 0.25) is 0 Å². The van der Waals surface area contributed by atoms with Gasteiger partial charge >= 0.3 is 0 Å². The third-order valence-corrected chi connectivity index (χ3v) is 5.83. The number of likely N-dealkylation sites (tertiary alicyclic amines) is 1. The average Bonchev–Trinajstić information content (AvgIpc) is 3.23. The summed E-state index contributed by atoms with van der Waals surface area (Å²) in [6.07, 6.45) is 9.97. The number of aromatic nitrogens is 4. The number of carbonyl (C=O) groups excluding carboxylic acids is 1. The molecular weight excluding hydrogens is 388 g/mol. The Balaban J connectivity index is 1.64. The van der Waals surface area contributed by atoms with Gasteiger partial charge < -0.3 is 9.80 Å². The molecule has 0 saturated carbocycles. The normalized spacial score (nSPS) is 16.4. The second kappa shape index (κ2) is 9.29. The van der Waals surface area contributed by atoms with E-state index >= 15 is 0 Å². The molecule has 1 atom stereocenters. The van der Waals surface area contributed by atoms with Crippen molar-refractivity contribution in [3.05, 3.63) is 60.2 Å². The summed E-state index contributed by atoms with van der Waals surface area (Å²) in [7, 11) is 5.78. The zero-order chi connectivity index (χ0) is 21.8.